The van der Waals surface area contributed by atoms with Gasteiger partial charge in [-0.1, -0.05) is 0 Å². The van der Waals surface area contributed by atoms with Gasteiger partial charge in [-0.05, 0) is 41.5 Å². The van der Waals surface area contributed by atoms with Crippen LogP contribution in [0.3, 0.4) is 0 Å². The molecule has 1 radical (unpaired) electrons. The van der Waals surface area contributed by atoms with Crippen LogP contribution in [0.25, 0.3) is 0 Å². The van der Waals surface area contributed by atoms with Gasteiger partial charge in [-0.15, -0.1) is 0 Å². The van der Waals surface area contributed by atoms with Crippen LogP contribution in [-0.2, 0) is 14.4 Å². The average Bonchev–Trinajstić information content (AvgIpc) is 2.10. The van der Waals surface area contributed by atoms with Crippen molar-refractivity contribution in [2.75, 3.05) is 0 Å². The summed E-state index contributed by atoms with van der Waals surface area (Å²) in [7, 11) is 0. The molecule has 0 rings (SSSR count). The van der Waals surface area contributed by atoms with E-state index in [1.54, 1.807) is 0 Å². The summed E-state index contributed by atoms with van der Waals surface area (Å²) in [4.78, 5) is 30.1. The molecule has 23 heavy (non-hydrogen) atoms. The third-order valence-electron chi connectivity index (χ3n) is 1.24. The van der Waals surface area contributed by atoms with Gasteiger partial charge in [-0.2, -0.15) is 0 Å². The second-order valence-electron chi connectivity index (χ2n) is 4.19. The minimum absolute atomic E-state index is 0. The number of hydrogen-bond acceptors (Lipinski definition) is 6. The maximum absolute atomic E-state index is 10.0. The SMILES string of the molecule is CC(=O)/C=C(/C)O.CC(=O)/C=C(\C)O.CC(=O)/C=C(\C)O.O.[Pr]. The van der Waals surface area contributed by atoms with Gasteiger partial charge in [0.1, 0.15) is 0 Å². The summed E-state index contributed by atoms with van der Waals surface area (Å²) < 4.78 is 0. The smallest absolute Gasteiger partial charge is 0.155 e. The fourth-order valence-electron chi connectivity index (χ4n) is 0.882. The van der Waals surface area contributed by atoms with Crippen molar-refractivity contribution in [1.29, 1.82) is 0 Å². The normalized spacial score (nSPS) is 10.4. The number of rotatable bonds is 3. The van der Waals surface area contributed by atoms with Crippen molar-refractivity contribution in [1.82, 2.24) is 0 Å². The number of carbonyl (C=O) groups excluding carboxylic acids is 3. The van der Waals surface area contributed by atoms with E-state index in [1.807, 2.05) is 0 Å². The summed E-state index contributed by atoms with van der Waals surface area (Å²) in [6, 6.07) is 0. The number of aliphatic hydroxyl groups is 3. The number of ketones is 3. The largest absolute Gasteiger partial charge is 0.512 e. The van der Waals surface area contributed by atoms with E-state index in [0.29, 0.717) is 0 Å². The fraction of sp³-hybridized carbons (Fsp3) is 0.400. The monoisotopic (exact) mass is 459 g/mol. The van der Waals surface area contributed by atoms with E-state index in [4.69, 9.17) is 15.3 Å². The maximum Gasteiger partial charge on any atom is 0.155 e. The quantitative estimate of drug-likeness (QED) is 0.437. The second kappa shape index (κ2) is 21.0. The molecule has 0 saturated heterocycles. The van der Waals surface area contributed by atoms with Crippen molar-refractivity contribution in [2.24, 2.45) is 0 Å². The molecule has 0 aromatic carbocycles. The van der Waals surface area contributed by atoms with E-state index in [0.717, 1.165) is 0 Å². The second-order valence-corrected chi connectivity index (χ2v) is 4.19. The van der Waals surface area contributed by atoms with Gasteiger partial charge in [0, 0.05) is 59.5 Å². The van der Waals surface area contributed by atoms with Crippen molar-refractivity contribution in [3.05, 3.63) is 35.5 Å². The number of allylic oxidation sites excluding steroid dienone is 6. The Bertz CT molecular complexity index is 370. The van der Waals surface area contributed by atoms with Gasteiger partial charge in [0.2, 0.25) is 0 Å². The molecule has 0 heterocycles. The Kier molecular flexibility index (Phi) is 30.6. The van der Waals surface area contributed by atoms with Crippen molar-refractivity contribution in [3.8, 4) is 0 Å². The molecule has 0 aliphatic rings. The molecule has 8 heteroatoms. The Balaban J connectivity index is -0.0000000675. The number of aliphatic hydroxyl groups excluding tert-OH is 3. The zero-order valence-electron chi connectivity index (χ0n) is 14.4. The van der Waals surface area contributed by atoms with E-state index >= 15 is 0 Å². The summed E-state index contributed by atoms with van der Waals surface area (Å²) >= 11 is 0. The van der Waals surface area contributed by atoms with Gasteiger partial charge in [0.15, 0.2) is 17.3 Å². The Hall–Kier alpha value is -1.05. The molecular formula is C15H26O7Pr. The topological polar surface area (TPSA) is 143 Å². The Morgan fingerprint density at radius 2 is 0.696 bits per heavy atom. The zero-order chi connectivity index (χ0) is 17.6. The van der Waals surface area contributed by atoms with Crippen LogP contribution < -0.4 is 0 Å². The molecule has 0 amide bonds. The molecule has 0 aliphatic carbocycles. The first-order valence-corrected chi connectivity index (χ1v) is 6.02. The van der Waals surface area contributed by atoms with Crippen LogP contribution in [0, 0.1) is 41.3 Å². The predicted octanol–water partition coefficient (Wildman–Crippen LogP) is 2.29. The minimum atomic E-state index is -0.125. The van der Waals surface area contributed by atoms with Crippen LogP contribution in [0.2, 0.25) is 0 Å². The predicted molar refractivity (Wildman–Crippen MR) is 84.8 cm³/mol. The van der Waals surface area contributed by atoms with Crippen LogP contribution in [0.5, 0.6) is 0 Å². The summed E-state index contributed by atoms with van der Waals surface area (Å²) in [5.74, 6) is -0.187. The first kappa shape index (κ1) is 33.5. The molecule has 0 aromatic rings. The third-order valence-corrected chi connectivity index (χ3v) is 1.24. The Morgan fingerprint density at radius 1 is 0.565 bits per heavy atom. The van der Waals surface area contributed by atoms with Crippen LogP contribution >= 0.6 is 0 Å². The van der Waals surface area contributed by atoms with E-state index in [1.165, 1.54) is 59.8 Å². The molecule has 131 valence electrons. The first-order chi connectivity index (χ1) is 9.38. The van der Waals surface area contributed by atoms with Gasteiger partial charge in [0.25, 0.3) is 0 Å². The van der Waals surface area contributed by atoms with Gasteiger partial charge >= 0.3 is 0 Å². The van der Waals surface area contributed by atoms with Crippen LogP contribution in [-0.4, -0.2) is 38.1 Å². The molecule has 0 atom stereocenters. The molecule has 0 fully saturated rings. The molecule has 0 unspecified atom stereocenters. The van der Waals surface area contributed by atoms with Gasteiger partial charge in [-0.3, -0.25) is 14.4 Å². The van der Waals surface area contributed by atoms with Crippen molar-refractivity contribution < 1.29 is 76.5 Å². The van der Waals surface area contributed by atoms with Crippen molar-refractivity contribution in [3.63, 3.8) is 0 Å². The zero-order valence-corrected chi connectivity index (χ0v) is 18.1. The molecule has 5 N–H and O–H groups in total. The van der Waals surface area contributed by atoms with Crippen LogP contribution in [0.4, 0.5) is 0 Å². The average molecular weight is 459 g/mol. The minimum Gasteiger partial charge on any atom is -0.512 e. The van der Waals surface area contributed by atoms with Gasteiger partial charge in [-0.25, -0.2) is 0 Å². The molecule has 0 aromatic heterocycles. The molecule has 0 aliphatic heterocycles. The maximum atomic E-state index is 10.0. The first-order valence-electron chi connectivity index (χ1n) is 6.02. The summed E-state index contributed by atoms with van der Waals surface area (Å²) in [6.07, 6.45) is 3.50. The molecule has 7 nitrogen and oxygen atoms in total. The summed E-state index contributed by atoms with van der Waals surface area (Å²) in [5.41, 5.74) is 0. The summed E-state index contributed by atoms with van der Waals surface area (Å²) in [5, 5.41) is 25.1. The Labute approximate surface area is 170 Å². The van der Waals surface area contributed by atoms with E-state index < -0.39 is 0 Å². The van der Waals surface area contributed by atoms with E-state index in [-0.39, 0.29) is 81.4 Å². The number of carbonyl (C=O) groups is 3. The number of hydrogen-bond donors (Lipinski definition) is 3. The van der Waals surface area contributed by atoms with Crippen LogP contribution in [0.1, 0.15) is 41.5 Å². The van der Waals surface area contributed by atoms with Crippen molar-refractivity contribution >= 4 is 17.3 Å². The van der Waals surface area contributed by atoms with Crippen molar-refractivity contribution in [2.45, 2.75) is 41.5 Å². The third kappa shape index (κ3) is 62.7. The summed E-state index contributed by atoms with van der Waals surface area (Å²) in [6.45, 7) is 8.54. The molecular weight excluding hydrogens is 433 g/mol. The standard InChI is InChI=1S/3C5H8O2.H2O.Pr/c3*1-4(6)3-5(2)7;;/h3*3,6H,1-2H3;1H2;/b2*4-3+;4-3-;;. The van der Waals surface area contributed by atoms with Crippen LogP contribution in [0.15, 0.2) is 35.5 Å². The fourth-order valence-corrected chi connectivity index (χ4v) is 0.882. The van der Waals surface area contributed by atoms with E-state index in [9.17, 15) is 14.4 Å². The van der Waals surface area contributed by atoms with E-state index in [2.05, 4.69) is 0 Å². The molecule has 0 bridgehead atoms. The Morgan fingerprint density at radius 3 is 0.696 bits per heavy atom. The molecule has 0 saturated carbocycles. The van der Waals surface area contributed by atoms with Gasteiger partial charge < -0.3 is 20.8 Å². The van der Waals surface area contributed by atoms with Gasteiger partial charge in [0.05, 0.1) is 17.3 Å². The molecule has 0 spiro atoms.